The van der Waals surface area contributed by atoms with E-state index in [4.69, 9.17) is 0 Å². The zero-order valence-electron chi connectivity index (χ0n) is 14.8. The van der Waals surface area contributed by atoms with E-state index in [0.29, 0.717) is 15.8 Å². The number of hydrogen-bond acceptors (Lipinski definition) is 5. The van der Waals surface area contributed by atoms with Gasteiger partial charge in [0.2, 0.25) is 0 Å². The fourth-order valence-corrected chi connectivity index (χ4v) is 4.26. The topological polar surface area (TPSA) is 94.7 Å². The van der Waals surface area contributed by atoms with Gasteiger partial charge < -0.3 is 0 Å². The molecule has 1 N–H and O–H groups in total. The molecule has 3 heterocycles. The van der Waals surface area contributed by atoms with E-state index in [9.17, 15) is 18.8 Å². The SMILES string of the molecule is Cc1c(Cn2nc[nH]c2=O)sc2c1c(=O)n(C(C)C)c(=O)n2CCCF. The summed E-state index contributed by atoms with van der Waals surface area (Å²) in [6.45, 7) is 5.17. The van der Waals surface area contributed by atoms with Crippen LogP contribution in [-0.4, -0.2) is 30.6 Å². The molecule has 0 aliphatic heterocycles. The number of aromatic nitrogens is 5. The van der Waals surface area contributed by atoms with E-state index >= 15 is 0 Å². The first-order chi connectivity index (χ1) is 12.4. The Morgan fingerprint density at radius 2 is 2.04 bits per heavy atom. The number of alkyl halides is 1. The van der Waals surface area contributed by atoms with Crippen LogP contribution in [0, 0.1) is 6.92 Å². The molecule has 0 fully saturated rings. The van der Waals surface area contributed by atoms with Gasteiger partial charge in [0.05, 0.1) is 18.6 Å². The zero-order chi connectivity index (χ0) is 19.0. The normalized spacial score (nSPS) is 11.7. The Morgan fingerprint density at radius 3 is 2.62 bits per heavy atom. The summed E-state index contributed by atoms with van der Waals surface area (Å²) in [6.07, 6.45) is 1.49. The molecule has 0 radical (unpaired) electrons. The standard InChI is InChI=1S/C16H20FN5O3S/c1-9(2)22-13(23)12-10(3)11(7-21-15(24)18-8-19-21)26-14(12)20(16(22)25)6-4-5-17/h8-9H,4-7H2,1-3H3,(H,18,19,24). The summed E-state index contributed by atoms with van der Waals surface area (Å²) in [4.78, 5) is 41.1. The predicted molar refractivity (Wildman–Crippen MR) is 98.0 cm³/mol. The van der Waals surface area contributed by atoms with Crippen molar-refractivity contribution < 1.29 is 4.39 Å². The Bertz CT molecular complexity index is 1120. The Balaban J connectivity index is 2.29. The molecular formula is C16H20FN5O3S. The van der Waals surface area contributed by atoms with Gasteiger partial charge in [-0.15, -0.1) is 11.3 Å². The Hall–Kier alpha value is -2.49. The maximum Gasteiger partial charge on any atom is 0.343 e. The van der Waals surface area contributed by atoms with Crippen molar-refractivity contribution in [2.75, 3.05) is 6.67 Å². The zero-order valence-corrected chi connectivity index (χ0v) is 15.6. The van der Waals surface area contributed by atoms with E-state index < -0.39 is 12.4 Å². The molecule has 0 atom stereocenters. The van der Waals surface area contributed by atoms with Crippen LogP contribution in [0.15, 0.2) is 20.7 Å². The summed E-state index contributed by atoms with van der Waals surface area (Å²) >= 11 is 1.27. The van der Waals surface area contributed by atoms with Crippen molar-refractivity contribution in [3.63, 3.8) is 0 Å². The third kappa shape index (κ3) is 2.94. The average molecular weight is 381 g/mol. The summed E-state index contributed by atoms with van der Waals surface area (Å²) in [5.74, 6) is 0. The van der Waals surface area contributed by atoms with Crippen LogP contribution < -0.4 is 16.9 Å². The highest BCUT2D eigenvalue weighted by Gasteiger charge is 2.21. The van der Waals surface area contributed by atoms with Crippen LogP contribution in [0.1, 0.15) is 36.8 Å². The second-order valence-corrected chi connectivity index (χ2v) is 7.41. The van der Waals surface area contributed by atoms with Gasteiger partial charge in [-0.25, -0.2) is 14.3 Å². The van der Waals surface area contributed by atoms with Crippen molar-refractivity contribution in [2.24, 2.45) is 0 Å². The van der Waals surface area contributed by atoms with E-state index in [1.807, 2.05) is 0 Å². The van der Waals surface area contributed by atoms with Gasteiger partial charge in [0.25, 0.3) is 5.56 Å². The third-order valence-electron chi connectivity index (χ3n) is 4.29. The van der Waals surface area contributed by atoms with Crippen molar-refractivity contribution >= 4 is 21.6 Å². The molecule has 0 aromatic carbocycles. The van der Waals surface area contributed by atoms with Crippen molar-refractivity contribution in [3.8, 4) is 0 Å². The van der Waals surface area contributed by atoms with Gasteiger partial charge in [0.1, 0.15) is 11.2 Å². The minimum Gasteiger partial charge on any atom is -0.295 e. The monoisotopic (exact) mass is 381 g/mol. The molecule has 0 bridgehead atoms. The number of fused-ring (bicyclic) bond motifs is 1. The number of aromatic amines is 1. The van der Waals surface area contributed by atoms with Crippen LogP contribution in [0.4, 0.5) is 4.39 Å². The fraction of sp³-hybridized carbons (Fsp3) is 0.500. The van der Waals surface area contributed by atoms with E-state index in [1.54, 1.807) is 20.8 Å². The van der Waals surface area contributed by atoms with Crippen molar-refractivity contribution in [2.45, 2.75) is 46.3 Å². The third-order valence-corrected chi connectivity index (χ3v) is 5.59. The van der Waals surface area contributed by atoms with Gasteiger partial charge in [-0.05, 0) is 32.8 Å². The lowest BCUT2D eigenvalue weighted by atomic mass is 10.2. The smallest absolute Gasteiger partial charge is 0.295 e. The van der Waals surface area contributed by atoms with E-state index in [2.05, 4.69) is 10.1 Å². The van der Waals surface area contributed by atoms with Crippen molar-refractivity contribution in [1.82, 2.24) is 23.9 Å². The minimum absolute atomic E-state index is 0.191. The molecular weight excluding hydrogens is 361 g/mol. The van der Waals surface area contributed by atoms with Gasteiger partial charge in [-0.1, -0.05) is 0 Å². The van der Waals surface area contributed by atoms with Crippen LogP contribution in [0.25, 0.3) is 10.2 Å². The lowest BCUT2D eigenvalue weighted by Gasteiger charge is -2.14. The number of H-pyrrole nitrogens is 1. The summed E-state index contributed by atoms with van der Waals surface area (Å²) in [5, 5.41) is 4.38. The number of halogens is 1. The van der Waals surface area contributed by atoms with Gasteiger partial charge in [0.15, 0.2) is 0 Å². The van der Waals surface area contributed by atoms with Crippen molar-refractivity contribution in [1.29, 1.82) is 0 Å². The molecule has 10 heteroatoms. The summed E-state index contributed by atoms with van der Waals surface area (Å²) < 4.78 is 16.6. The first-order valence-corrected chi connectivity index (χ1v) is 9.12. The number of rotatable bonds is 6. The number of aryl methyl sites for hydroxylation is 2. The second kappa shape index (κ2) is 7.02. The van der Waals surface area contributed by atoms with Crippen LogP contribution in [0.2, 0.25) is 0 Å². The number of nitrogens with zero attached hydrogens (tertiary/aromatic N) is 4. The van der Waals surface area contributed by atoms with Crippen LogP contribution in [0.3, 0.4) is 0 Å². The van der Waals surface area contributed by atoms with Crippen molar-refractivity contribution in [3.05, 3.63) is 48.1 Å². The molecule has 0 aliphatic carbocycles. The van der Waals surface area contributed by atoms with E-state index in [1.165, 1.54) is 31.5 Å². The van der Waals surface area contributed by atoms with Crippen LogP contribution in [0.5, 0.6) is 0 Å². The maximum atomic E-state index is 12.9. The fourth-order valence-electron chi connectivity index (χ4n) is 2.96. The molecule has 0 amide bonds. The first-order valence-electron chi connectivity index (χ1n) is 8.30. The molecule has 0 saturated heterocycles. The maximum absolute atomic E-state index is 12.9. The van der Waals surface area contributed by atoms with Gasteiger partial charge in [-0.3, -0.25) is 23.3 Å². The summed E-state index contributed by atoms with van der Waals surface area (Å²) in [5.41, 5.74) is -0.425. The number of nitrogens with one attached hydrogen (secondary N) is 1. The quantitative estimate of drug-likeness (QED) is 0.698. The number of hydrogen-bond donors (Lipinski definition) is 1. The van der Waals surface area contributed by atoms with Gasteiger partial charge in [-0.2, -0.15) is 5.10 Å². The summed E-state index contributed by atoms with van der Waals surface area (Å²) in [6, 6.07) is -0.312. The average Bonchev–Trinajstić information content (AvgIpc) is 3.12. The highest BCUT2D eigenvalue weighted by atomic mass is 32.1. The lowest BCUT2D eigenvalue weighted by Crippen LogP contribution is -2.40. The molecule has 3 rings (SSSR count). The molecule has 26 heavy (non-hydrogen) atoms. The molecule has 3 aromatic heterocycles. The molecule has 0 spiro atoms. The molecule has 0 unspecified atom stereocenters. The van der Waals surface area contributed by atoms with E-state index in [-0.39, 0.29) is 36.8 Å². The Kier molecular flexibility index (Phi) is 4.94. The van der Waals surface area contributed by atoms with E-state index in [0.717, 1.165) is 4.88 Å². The molecule has 3 aromatic rings. The Morgan fingerprint density at radius 1 is 1.31 bits per heavy atom. The largest absolute Gasteiger partial charge is 0.343 e. The molecule has 0 saturated carbocycles. The Labute approximate surface area is 151 Å². The van der Waals surface area contributed by atoms with Gasteiger partial charge in [0, 0.05) is 17.5 Å². The van der Waals surface area contributed by atoms with Gasteiger partial charge >= 0.3 is 11.4 Å². The van der Waals surface area contributed by atoms with Crippen LogP contribution in [-0.2, 0) is 13.1 Å². The van der Waals surface area contributed by atoms with Crippen LogP contribution >= 0.6 is 11.3 Å². The highest BCUT2D eigenvalue weighted by molar-refractivity contribution is 7.18. The predicted octanol–water partition coefficient (Wildman–Crippen LogP) is 1.41. The first kappa shape index (κ1) is 18.3. The molecule has 140 valence electrons. The summed E-state index contributed by atoms with van der Waals surface area (Å²) in [7, 11) is 0. The minimum atomic E-state index is -0.547. The molecule has 8 nitrogen and oxygen atoms in total. The number of thiophene rings is 1. The lowest BCUT2D eigenvalue weighted by molar-refractivity contribution is 0.435. The second-order valence-electron chi connectivity index (χ2n) is 6.33. The molecule has 0 aliphatic rings. The highest BCUT2D eigenvalue weighted by Crippen LogP contribution is 2.28.